The number of hydrogen-bond donors (Lipinski definition) is 1. The summed E-state index contributed by atoms with van der Waals surface area (Å²) in [5.41, 5.74) is 1.93. The fourth-order valence-corrected chi connectivity index (χ4v) is 3.94. The molecule has 0 aliphatic carbocycles. The maximum absolute atomic E-state index is 13.2. The number of carbonyl (C=O) groups excluding carboxylic acids is 1. The Morgan fingerprint density at radius 3 is 2.48 bits per heavy atom. The van der Waals surface area contributed by atoms with E-state index in [-0.39, 0.29) is 11.7 Å². The molecule has 1 aromatic heterocycles. The lowest BCUT2D eigenvalue weighted by molar-refractivity contribution is -0.115. The molecule has 0 saturated heterocycles. The van der Waals surface area contributed by atoms with E-state index in [1.54, 1.807) is 13.2 Å². The molecular weight excluding hydrogens is 417 g/mol. The van der Waals surface area contributed by atoms with Gasteiger partial charge in [0.25, 0.3) is 0 Å². The van der Waals surface area contributed by atoms with Crippen LogP contribution in [0.5, 0.6) is 5.75 Å². The van der Waals surface area contributed by atoms with Gasteiger partial charge in [-0.05, 0) is 52.4 Å². The lowest BCUT2D eigenvalue weighted by Crippen LogP contribution is -2.19. The Bertz CT molecular complexity index is 1170. The minimum absolute atomic E-state index is 0.280. The van der Waals surface area contributed by atoms with Gasteiger partial charge in [-0.25, -0.2) is 4.39 Å². The average Bonchev–Trinajstić information content (AvgIpc) is 3.27. The number of benzene rings is 3. The van der Waals surface area contributed by atoms with Crippen LogP contribution in [-0.4, -0.2) is 33.2 Å². The van der Waals surface area contributed by atoms with Crippen molar-refractivity contribution in [2.75, 3.05) is 12.4 Å². The summed E-state index contributed by atoms with van der Waals surface area (Å²) in [7, 11) is 1.57. The molecule has 0 bridgehead atoms. The van der Waals surface area contributed by atoms with Gasteiger partial charge in [-0.2, -0.15) is 4.68 Å². The normalized spacial score (nSPS) is 11.7. The number of para-hydroxylation sites is 2. The van der Waals surface area contributed by atoms with Crippen LogP contribution in [0.4, 0.5) is 10.1 Å². The van der Waals surface area contributed by atoms with Gasteiger partial charge < -0.3 is 10.1 Å². The molecular formula is C22H18FN5O2S. The highest BCUT2D eigenvalue weighted by atomic mass is 32.2. The standard InChI is InChI=1S/C22H18FN5O2S/c1-30-19-10-6-5-9-18(19)28-22(25-26-27-28)31-20(15-7-3-2-4-8-15)21(29)24-17-13-11-16(23)12-14-17/h2-14,20H,1H3,(H,24,29). The van der Waals surface area contributed by atoms with Crippen molar-refractivity contribution in [1.29, 1.82) is 0 Å². The molecule has 0 radical (unpaired) electrons. The molecule has 1 atom stereocenters. The van der Waals surface area contributed by atoms with Gasteiger partial charge in [0.15, 0.2) is 0 Å². The molecule has 1 heterocycles. The number of aromatic nitrogens is 4. The molecule has 1 unspecified atom stereocenters. The summed E-state index contributed by atoms with van der Waals surface area (Å²) in [5, 5.41) is 14.6. The van der Waals surface area contributed by atoms with Gasteiger partial charge >= 0.3 is 0 Å². The lowest BCUT2D eigenvalue weighted by atomic mass is 10.1. The van der Waals surface area contributed by atoms with Crippen molar-refractivity contribution in [3.63, 3.8) is 0 Å². The first-order valence-corrected chi connectivity index (χ1v) is 10.2. The molecule has 0 saturated carbocycles. The van der Waals surface area contributed by atoms with Gasteiger partial charge in [-0.15, -0.1) is 5.10 Å². The van der Waals surface area contributed by atoms with E-state index in [1.165, 1.54) is 40.7 Å². The summed E-state index contributed by atoms with van der Waals surface area (Å²) in [6.45, 7) is 0. The van der Waals surface area contributed by atoms with Crippen molar-refractivity contribution in [3.05, 3.63) is 90.2 Å². The molecule has 0 fully saturated rings. The SMILES string of the molecule is COc1ccccc1-n1nnnc1SC(C(=O)Nc1ccc(F)cc1)c1ccccc1. The summed E-state index contributed by atoms with van der Waals surface area (Å²) in [6, 6.07) is 22.3. The molecule has 7 nitrogen and oxygen atoms in total. The number of thioether (sulfide) groups is 1. The highest BCUT2D eigenvalue weighted by Crippen LogP contribution is 2.36. The number of carbonyl (C=O) groups is 1. The van der Waals surface area contributed by atoms with E-state index in [0.717, 1.165) is 5.56 Å². The van der Waals surface area contributed by atoms with Crippen molar-refractivity contribution >= 4 is 23.4 Å². The van der Waals surface area contributed by atoms with Gasteiger partial charge in [0, 0.05) is 5.69 Å². The quantitative estimate of drug-likeness (QED) is 0.436. The topological polar surface area (TPSA) is 81.9 Å². The number of amides is 1. The van der Waals surface area contributed by atoms with E-state index in [2.05, 4.69) is 20.8 Å². The highest BCUT2D eigenvalue weighted by Gasteiger charge is 2.26. The second-order valence-electron chi connectivity index (χ2n) is 6.45. The zero-order chi connectivity index (χ0) is 21.6. The third kappa shape index (κ3) is 4.72. The Balaban J connectivity index is 1.66. The number of methoxy groups -OCH3 is 1. The number of halogens is 1. The van der Waals surface area contributed by atoms with Gasteiger partial charge in [0.1, 0.15) is 22.5 Å². The molecule has 1 N–H and O–H groups in total. The van der Waals surface area contributed by atoms with Crippen molar-refractivity contribution in [3.8, 4) is 11.4 Å². The Morgan fingerprint density at radius 1 is 1.03 bits per heavy atom. The number of hydrogen-bond acceptors (Lipinski definition) is 6. The Kier molecular flexibility index (Phi) is 6.23. The van der Waals surface area contributed by atoms with Crippen molar-refractivity contribution in [2.24, 2.45) is 0 Å². The van der Waals surface area contributed by atoms with E-state index >= 15 is 0 Å². The average molecular weight is 435 g/mol. The zero-order valence-electron chi connectivity index (χ0n) is 16.5. The summed E-state index contributed by atoms with van der Waals surface area (Å²) >= 11 is 1.20. The summed E-state index contributed by atoms with van der Waals surface area (Å²) in [4.78, 5) is 13.2. The molecule has 4 aromatic rings. The molecule has 0 aliphatic rings. The lowest BCUT2D eigenvalue weighted by Gasteiger charge is -2.17. The van der Waals surface area contributed by atoms with Crippen LogP contribution in [0, 0.1) is 5.82 Å². The second-order valence-corrected chi connectivity index (χ2v) is 7.52. The zero-order valence-corrected chi connectivity index (χ0v) is 17.3. The number of nitrogens with zero attached hydrogens (tertiary/aromatic N) is 4. The smallest absolute Gasteiger partial charge is 0.242 e. The third-order valence-corrected chi connectivity index (χ3v) is 5.62. The van der Waals surface area contributed by atoms with Crippen LogP contribution < -0.4 is 10.1 Å². The maximum Gasteiger partial charge on any atom is 0.242 e. The van der Waals surface area contributed by atoms with Crippen LogP contribution in [0.15, 0.2) is 84.0 Å². The fraction of sp³-hybridized carbons (Fsp3) is 0.0909. The molecule has 1 amide bonds. The molecule has 0 aliphatic heterocycles. The van der Waals surface area contributed by atoms with Crippen LogP contribution >= 0.6 is 11.8 Å². The van der Waals surface area contributed by atoms with Crippen LogP contribution in [0.3, 0.4) is 0 Å². The predicted molar refractivity (Wildman–Crippen MR) is 116 cm³/mol. The number of anilines is 1. The highest BCUT2D eigenvalue weighted by molar-refractivity contribution is 8.00. The van der Waals surface area contributed by atoms with Crippen molar-refractivity contribution in [2.45, 2.75) is 10.4 Å². The summed E-state index contributed by atoms with van der Waals surface area (Å²) in [6.07, 6.45) is 0. The fourth-order valence-electron chi connectivity index (χ4n) is 2.96. The van der Waals surface area contributed by atoms with E-state index in [4.69, 9.17) is 4.74 Å². The minimum Gasteiger partial charge on any atom is -0.494 e. The van der Waals surface area contributed by atoms with Crippen molar-refractivity contribution in [1.82, 2.24) is 20.2 Å². The minimum atomic E-state index is -0.647. The largest absolute Gasteiger partial charge is 0.494 e. The van der Waals surface area contributed by atoms with Crippen LogP contribution in [0.1, 0.15) is 10.8 Å². The Hall–Kier alpha value is -3.72. The predicted octanol–water partition coefficient (Wildman–Crippen LogP) is 4.28. The first kappa shape index (κ1) is 20.5. The Morgan fingerprint density at radius 2 is 1.74 bits per heavy atom. The van der Waals surface area contributed by atoms with E-state index < -0.39 is 5.25 Å². The van der Waals surface area contributed by atoms with Gasteiger partial charge in [-0.3, -0.25) is 4.79 Å². The second kappa shape index (κ2) is 9.40. The molecule has 31 heavy (non-hydrogen) atoms. The van der Waals surface area contributed by atoms with Gasteiger partial charge in [0.2, 0.25) is 11.1 Å². The molecule has 3 aromatic carbocycles. The van der Waals surface area contributed by atoms with Gasteiger partial charge in [-0.1, -0.05) is 54.2 Å². The molecule has 156 valence electrons. The Labute approximate surface area is 182 Å². The van der Waals surface area contributed by atoms with E-state index in [9.17, 15) is 9.18 Å². The summed E-state index contributed by atoms with van der Waals surface area (Å²) < 4.78 is 20.2. The number of ether oxygens (including phenoxy) is 1. The first-order valence-electron chi connectivity index (χ1n) is 9.35. The maximum atomic E-state index is 13.2. The number of rotatable bonds is 7. The van der Waals surface area contributed by atoms with E-state index in [0.29, 0.717) is 22.3 Å². The van der Waals surface area contributed by atoms with Crippen LogP contribution in [0.25, 0.3) is 5.69 Å². The molecule has 4 rings (SSSR count). The van der Waals surface area contributed by atoms with Crippen molar-refractivity contribution < 1.29 is 13.9 Å². The molecule has 0 spiro atoms. The number of tetrazole rings is 1. The third-order valence-electron chi connectivity index (χ3n) is 4.43. The van der Waals surface area contributed by atoms with Crippen LogP contribution in [-0.2, 0) is 4.79 Å². The van der Waals surface area contributed by atoms with Crippen LogP contribution in [0.2, 0.25) is 0 Å². The summed E-state index contributed by atoms with van der Waals surface area (Å²) in [5.74, 6) is -0.0518. The first-order chi connectivity index (χ1) is 15.2. The van der Waals surface area contributed by atoms with Gasteiger partial charge in [0.05, 0.1) is 7.11 Å². The monoisotopic (exact) mass is 435 g/mol. The number of nitrogens with one attached hydrogen (secondary N) is 1. The van der Waals surface area contributed by atoms with E-state index in [1.807, 2.05) is 48.5 Å². The molecule has 9 heteroatoms.